The summed E-state index contributed by atoms with van der Waals surface area (Å²) in [7, 11) is 0. The van der Waals surface area contributed by atoms with Crippen molar-refractivity contribution < 1.29 is 4.52 Å². The van der Waals surface area contributed by atoms with E-state index in [1.165, 1.54) is 0 Å². The lowest BCUT2D eigenvalue weighted by atomic mass is 10.1. The largest absolute Gasteiger partial charge is 0.356 e. The molecule has 0 bridgehead atoms. The number of halogens is 2. The Morgan fingerprint density at radius 1 is 0.789 bits per heavy atom. The van der Waals surface area contributed by atoms with Crippen LogP contribution >= 0.6 is 31.9 Å². The van der Waals surface area contributed by atoms with Gasteiger partial charge in [0.15, 0.2) is 5.76 Å². The number of aromatic nitrogens is 1. The lowest BCUT2D eigenvalue weighted by molar-refractivity contribution is 0.435. The van der Waals surface area contributed by atoms with Crippen LogP contribution in [0.5, 0.6) is 0 Å². The summed E-state index contributed by atoms with van der Waals surface area (Å²) in [5, 5.41) is 4.12. The van der Waals surface area contributed by atoms with E-state index < -0.39 is 0 Å². The fraction of sp³-hybridized carbons (Fsp3) is 0. The second kappa shape index (κ2) is 5.31. The Labute approximate surface area is 127 Å². The van der Waals surface area contributed by atoms with Crippen LogP contribution in [0, 0.1) is 0 Å². The van der Waals surface area contributed by atoms with Crippen molar-refractivity contribution in [1.29, 1.82) is 0 Å². The van der Waals surface area contributed by atoms with Crippen LogP contribution in [0.25, 0.3) is 22.6 Å². The second-order valence-electron chi connectivity index (χ2n) is 4.09. The number of rotatable bonds is 2. The van der Waals surface area contributed by atoms with Gasteiger partial charge in [0.25, 0.3) is 0 Å². The van der Waals surface area contributed by atoms with Crippen LogP contribution in [-0.2, 0) is 0 Å². The highest BCUT2D eigenvalue weighted by atomic mass is 79.9. The van der Waals surface area contributed by atoms with Gasteiger partial charge in [-0.15, -0.1) is 0 Å². The fourth-order valence-corrected chi connectivity index (χ4v) is 2.47. The third-order valence-corrected chi connectivity index (χ3v) is 3.78. The van der Waals surface area contributed by atoms with Crippen LogP contribution in [0.2, 0.25) is 0 Å². The molecular formula is C15H9Br2NO. The minimum atomic E-state index is 0.766. The SMILES string of the molecule is Brc1ccc(-c2cc(-c3cccc(Br)c3)no2)cc1. The van der Waals surface area contributed by atoms with Crippen LogP contribution in [0.15, 0.2) is 68.1 Å². The van der Waals surface area contributed by atoms with Crippen molar-refractivity contribution in [2.24, 2.45) is 0 Å². The third kappa shape index (κ3) is 2.80. The monoisotopic (exact) mass is 377 g/mol. The van der Waals surface area contributed by atoms with Gasteiger partial charge in [0.1, 0.15) is 5.69 Å². The van der Waals surface area contributed by atoms with E-state index in [1.807, 2.05) is 54.6 Å². The molecule has 0 unspecified atom stereocenters. The van der Waals surface area contributed by atoms with Gasteiger partial charge in [-0.1, -0.05) is 61.3 Å². The predicted octanol–water partition coefficient (Wildman–Crippen LogP) is 5.53. The van der Waals surface area contributed by atoms with E-state index in [-0.39, 0.29) is 0 Å². The molecule has 1 aromatic heterocycles. The van der Waals surface area contributed by atoms with Gasteiger partial charge in [0.05, 0.1) is 0 Å². The molecule has 0 saturated carbocycles. The molecule has 2 nitrogen and oxygen atoms in total. The first-order valence-corrected chi connectivity index (χ1v) is 7.29. The van der Waals surface area contributed by atoms with Crippen LogP contribution in [-0.4, -0.2) is 5.16 Å². The Hall–Kier alpha value is -1.39. The van der Waals surface area contributed by atoms with Gasteiger partial charge in [-0.05, 0) is 24.3 Å². The van der Waals surface area contributed by atoms with Gasteiger partial charge < -0.3 is 4.52 Å². The zero-order valence-electron chi connectivity index (χ0n) is 9.81. The molecule has 0 saturated heterocycles. The van der Waals surface area contributed by atoms with Crippen molar-refractivity contribution in [2.75, 3.05) is 0 Å². The van der Waals surface area contributed by atoms with E-state index in [0.717, 1.165) is 31.5 Å². The zero-order chi connectivity index (χ0) is 13.2. The van der Waals surface area contributed by atoms with E-state index in [1.54, 1.807) is 0 Å². The van der Waals surface area contributed by atoms with Crippen molar-refractivity contribution in [3.05, 3.63) is 63.5 Å². The first-order chi connectivity index (χ1) is 9.22. The number of nitrogens with zero attached hydrogens (tertiary/aromatic N) is 1. The average molecular weight is 379 g/mol. The summed E-state index contributed by atoms with van der Waals surface area (Å²) in [6.07, 6.45) is 0. The number of hydrogen-bond acceptors (Lipinski definition) is 2. The van der Waals surface area contributed by atoms with Crippen molar-refractivity contribution >= 4 is 31.9 Å². The highest BCUT2D eigenvalue weighted by Crippen LogP contribution is 2.28. The molecule has 0 aliphatic rings. The summed E-state index contributed by atoms with van der Waals surface area (Å²) >= 11 is 6.87. The zero-order valence-corrected chi connectivity index (χ0v) is 13.0. The van der Waals surface area contributed by atoms with Crippen molar-refractivity contribution in [3.8, 4) is 22.6 Å². The summed E-state index contributed by atoms with van der Waals surface area (Å²) in [5.41, 5.74) is 2.87. The minimum Gasteiger partial charge on any atom is -0.356 e. The van der Waals surface area contributed by atoms with Gasteiger partial charge in [-0.2, -0.15) is 0 Å². The molecule has 4 heteroatoms. The quantitative estimate of drug-likeness (QED) is 0.585. The van der Waals surface area contributed by atoms with Crippen molar-refractivity contribution in [2.45, 2.75) is 0 Å². The van der Waals surface area contributed by atoms with Crippen LogP contribution in [0.1, 0.15) is 0 Å². The summed E-state index contributed by atoms with van der Waals surface area (Å²) in [6.45, 7) is 0. The maximum absolute atomic E-state index is 5.40. The molecule has 3 aromatic rings. The molecule has 0 fully saturated rings. The Morgan fingerprint density at radius 2 is 1.58 bits per heavy atom. The average Bonchev–Trinajstić information content (AvgIpc) is 2.89. The summed E-state index contributed by atoms with van der Waals surface area (Å²) in [5.74, 6) is 0.766. The van der Waals surface area contributed by atoms with Crippen LogP contribution < -0.4 is 0 Å². The van der Waals surface area contributed by atoms with E-state index in [2.05, 4.69) is 37.0 Å². The number of benzene rings is 2. The number of hydrogen-bond donors (Lipinski definition) is 0. The lowest BCUT2D eigenvalue weighted by Crippen LogP contribution is -1.75. The Balaban J connectivity index is 1.97. The van der Waals surface area contributed by atoms with Gasteiger partial charge in [-0.3, -0.25) is 0 Å². The molecule has 0 spiro atoms. The topological polar surface area (TPSA) is 26.0 Å². The molecule has 3 rings (SSSR count). The maximum Gasteiger partial charge on any atom is 0.167 e. The molecule has 2 aromatic carbocycles. The van der Waals surface area contributed by atoms with Crippen molar-refractivity contribution in [3.63, 3.8) is 0 Å². The minimum absolute atomic E-state index is 0.766. The molecule has 94 valence electrons. The van der Waals surface area contributed by atoms with E-state index in [4.69, 9.17) is 4.52 Å². The maximum atomic E-state index is 5.40. The molecule has 0 N–H and O–H groups in total. The molecule has 0 atom stereocenters. The Kier molecular flexibility index (Phi) is 3.53. The Morgan fingerprint density at radius 3 is 2.32 bits per heavy atom. The van der Waals surface area contributed by atoms with E-state index in [9.17, 15) is 0 Å². The molecule has 0 aliphatic heterocycles. The predicted molar refractivity (Wildman–Crippen MR) is 82.8 cm³/mol. The first-order valence-electron chi connectivity index (χ1n) is 5.71. The first kappa shape index (κ1) is 12.6. The fourth-order valence-electron chi connectivity index (χ4n) is 1.81. The highest BCUT2D eigenvalue weighted by Gasteiger charge is 2.08. The molecule has 0 amide bonds. The summed E-state index contributed by atoms with van der Waals surface area (Å²) in [6, 6.07) is 17.9. The lowest BCUT2D eigenvalue weighted by Gasteiger charge is -1.95. The van der Waals surface area contributed by atoms with Gasteiger partial charge in [0.2, 0.25) is 0 Å². The third-order valence-electron chi connectivity index (χ3n) is 2.76. The van der Waals surface area contributed by atoms with Crippen LogP contribution in [0.3, 0.4) is 0 Å². The summed E-state index contributed by atoms with van der Waals surface area (Å²) < 4.78 is 7.47. The molecule has 19 heavy (non-hydrogen) atoms. The molecule has 1 heterocycles. The highest BCUT2D eigenvalue weighted by molar-refractivity contribution is 9.10. The van der Waals surface area contributed by atoms with Gasteiger partial charge in [0, 0.05) is 26.1 Å². The standard InChI is InChI=1S/C15H9Br2NO/c16-12-6-4-10(5-7-12)15-9-14(18-19-15)11-2-1-3-13(17)8-11/h1-9H. The molecule has 0 aliphatic carbocycles. The normalized spacial score (nSPS) is 10.6. The van der Waals surface area contributed by atoms with Gasteiger partial charge >= 0.3 is 0 Å². The summed E-state index contributed by atoms with van der Waals surface area (Å²) in [4.78, 5) is 0. The van der Waals surface area contributed by atoms with E-state index in [0.29, 0.717) is 0 Å². The van der Waals surface area contributed by atoms with Crippen LogP contribution in [0.4, 0.5) is 0 Å². The smallest absolute Gasteiger partial charge is 0.167 e. The van der Waals surface area contributed by atoms with Crippen molar-refractivity contribution in [1.82, 2.24) is 5.16 Å². The van der Waals surface area contributed by atoms with E-state index >= 15 is 0 Å². The van der Waals surface area contributed by atoms with Gasteiger partial charge in [-0.25, -0.2) is 0 Å². The molecular weight excluding hydrogens is 370 g/mol. The second-order valence-corrected chi connectivity index (χ2v) is 5.92. The molecule has 0 radical (unpaired) electrons. The Bertz CT molecular complexity index is 704.